The Labute approximate surface area is 97.4 Å². The van der Waals surface area contributed by atoms with Crippen LogP contribution in [0.3, 0.4) is 0 Å². The first-order valence-electron chi connectivity index (χ1n) is 5.23. The third-order valence-electron chi connectivity index (χ3n) is 2.82. The molecule has 82 valence electrons. The Balaban J connectivity index is 2.03. The van der Waals surface area contributed by atoms with E-state index in [4.69, 9.17) is 4.42 Å². The van der Waals surface area contributed by atoms with Gasteiger partial charge in [0, 0.05) is 12.1 Å². The molecule has 0 aliphatic heterocycles. The van der Waals surface area contributed by atoms with Crippen LogP contribution in [0.15, 0.2) is 15.2 Å². The molecule has 0 aromatic carbocycles. The summed E-state index contributed by atoms with van der Waals surface area (Å²) in [5, 5.41) is 3.03. The van der Waals surface area contributed by atoms with Crippen molar-refractivity contribution in [3.63, 3.8) is 0 Å². The predicted octanol–water partition coefficient (Wildman–Crippen LogP) is 3.02. The van der Waals surface area contributed by atoms with Gasteiger partial charge in [-0.05, 0) is 35.7 Å². The zero-order valence-corrected chi connectivity index (χ0v) is 10.3. The highest BCUT2D eigenvalue weighted by Crippen LogP contribution is 2.21. The molecule has 1 saturated carbocycles. The maximum absolute atomic E-state index is 11.8. The van der Waals surface area contributed by atoms with Crippen molar-refractivity contribution in [1.82, 2.24) is 5.32 Å². The Morgan fingerprint density at radius 3 is 2.73 bits per heavy atom. The standard InChI is InChI=1S/C11H14BrNO2/c1-7-9(6-10(12)15-7)11(14)13-8-4-2-3-5-8/h6,8H,2-5H2,1H3,(H,13,14). The molecule has 0 atom stereocenters. The van der Waals surface area contributed by atoms with Crippen LogP contribution in [0.2, 0.25) is 0 Å². The maximum atomic E-state index is 11.8. The summed E-state index contributed by atoms with van der Waals surface area (Å²) in [6, 6.07) is 2.07. The summed E-state index contributed by atoms with van der Waals surface area (Å²) >= 11 is 3.22. The van der Waals surface area contributed by atoms with E-state index < -0.39 is 0 Å². The summed E-state index contributed by atoms with van der Waals surface area (Å²) in [6.07, 6.45) is 4.64. The molecule has 1 aromatic heterocycles. The molecule has 4 heteroatoms. The van der Waals surface area contributed by atoms with Crippen LogP contribution in [0.4, 0.5) is 0 Å². The van der Waals surface area contributed by atoms with Gasteiger partial charge in [0.25, 0.3) is 5.91 Å². The van der Waals surface area contributed by atoms with Crippen molar-refractivity contribution in [2.75, 3.05) is 0 Å². The van der Waals surface area contributed by atoms with Gasteiger partial charge in [-0.3, -0.25) is 4.79 Å². The Morgan fingerprint density at radius 1 is 1.53 bits per heavy atom. The Hall–Kier alpha value is -0.770. The molecule has 0 unspecified atom stereocenters. The number of carbonyl (C=O) groups excluding carboxylic acids is 1. The lowest BCUT2D eigenvalue weighted by molar-refractivity contribution is 0.0936. The Bertz CT molecular complexity index is 367. The highest BCUT2D eigenvalue weighted by atomic mass is 79.9. The minimum absolute atomic E-state index is 0.0196. The summed E-state index contributed by atoms with van der Waals surface area (Å²) in [6.45, 7) is 1.80. The van der Waals surface area contributed by atoms with Gasteiger partial charge in [0.2, 0.25) is 0 Å². The van der Waals surface area contributed by atoms with Crippen molar-refractivity contribution in [2.45, 2.75) is 38.6 Å². The number of amides is 1. The number of halogens is 1. The quantitative estimate of drug-likeness (QED) is 0.899. The van der Waals surface area contributed by atoms with Gasteiger partial charge in [0.15, 0.2) is 4.67 Å². The van der Waals surface area contributed by atoms with Crippen molar-refractivity contribution < 1.29 is 9.21 Å². The lowest BCUT2D eigenvalue weighted by Gasteiger charge is -2.10. The summed E-state index contributed by atoms with van der Waals surface area (Å²) in [5.41, 5.74) is 0.633. The van der Waals surface area contributed by atoms with E-state index in [1.165, 1.54) is 12.8 Å². The molecular formula is C11H14BrNO2. The van der Waals surface area contributed by atoms with Crippen molar-refractivity contribution >= 4 is 21.8 Å². The van der Waals surface area contributed by atoms with Crippen LogP contribution in [-0.2, 0) is 0 Å². The second-order valence-corrected chi connectivity index (χ2v) is 4.76. The highest BCUT2D eigenvalue weighted by Gasteiger charge is 2.20. The van der Waals surface area contributed by atoms with E-state index in [9.17, 15) is 4.79 Å². The second kappa shape index (κ2) is 4.39. The molecule has 1 fully saturated rings. The van der Waals surface area contributed by atoms with Gasteiger partial charge in [0.05, 0.1) is 5.56 Å². The molecule has 1 amide bonds. The molecule has 15 heavy (non-hydrogen) atoms. The number of aryl methyl sites for hydroxylation is 1. The van der Waals surface area contributed by atoms with E-state index in [0.717, 1.165) is 12.8 Å². The van der Waals surface area contributed by atoms with Gasteiger partial charge >= 0.3 is 0 Å². The molecule has 1 N–H and O–H groups in total. The van der Waals surface area contributed by atoms with Gasteiger partial charge in [-0.25, -0.2) is 0 Å². The van der Waals surface area contributed by atoms with Crippen molar-refractivity contribution in [1.29, 1.82) is 0 Å². The second-order valence-electron chi connectivity index (χ2n) is 3.98. The highest BCUT2D eigenvalue weighted by molar-refractivity contribution is 9.10. The zero-order valence-electron chi connectivity index (χ0n) is 8.68. The van der Waals surface area contributed by atoms with Crippen LogP contribution in [-0.4, -0.2) is 11.9 Å². The molecule has 1 aliphatic rings. The fraction of sp³-hybridized carbons (Fsp3) is 0.545. The Kier molecular flexibility index (Phi) is 3.14. The molecule has 1 aliphatic carbocycles. The zero-order chi connectivity index (χ0) is 10.8. The molecule has 1 aromatic rings. The van der Waals surface area contributed by atoms with Crippen LogP contribution < -0.4 is 5.32 Å². The summed E-state index contributed by atoms with van der Waals surface area (Å²) in [5.74, 6) is 0.645. The first-order valence-corrected chi connectivity index (χ1v) is 6.03. The van der Waals surface area contributed by atoms with E-state index >= 15 is 0 Å². The number of nitrogens with one attached hydrogen (secondary N) is 1. The summed E-state index contributed by atoms with van der Waals surface area (Å²) < 4.78 is 5.86. The van der Waals surface area contributed by atoms with Crippen LogP contribution in [0.1, 0.15) is 41.8 Å². The maximum Gasteiger partial charge on any atom is 0.255 e. The third kappa shape index (κ3) is 2.43. The van der Waals surface area contributed by atoms with Crippen LogP contribution >= 0.6 is 15.9 Å². The minimum atomic E-state index is -0.0196. The van der Waals surface area contributed by atoms with Gasteiger partial charge in [-0.2, -0.15) is 0 Å². The van der Waals surface area contributed by atoms with Crippen molar-refractivity contribution in [3.8, 4) is 0 Å². The lowest BCUT2D eigenvalue weighted by Crippen LogP contribution is -2.32. The SMILES string of the molecule is Cc1oc(Br)cc1C(=O)NC1CCCC1. The smallest absolute Gasteiger partial charge is 0.255 e. The third-order valence-corrected chi connectivity index (χ3v) is 3.21. The molecule has 0 saturated heterocycles. The van der Waals surface area contributed by atoms with Crippen LogP contribution in [0, 0.1) is 6.92 Å². The minimum Gasteiger partial charge on any atom is -0.454 e. The largest absolute Gasteiger partial charge is 0.454 e. The van der Waals surface area contributed by atoms with E-state index in [1.807, 2.05) is 0 Å². The van der Waals surface area contributed by atoms with E-state index in [2.05, 4.69) is 21.2 Å². The van der Waals surface area contributed by atoms with Crippen LogP contribution in [0.5, 0.6) is 0 Å². The summed E-state index contributed by atoms with van der Waals surface area (Å²) in [7, 11) is 0. The van der Waals surface area contributed by atoms with Gasteiger partial charge in [-0.1, -0.05) is 12.8 Å². The van der Waals surface area contributed by atoms with E-state index in [1.54, 1.807) is 13.0 Å². The number of hydrogen-bond donors (Lipinski definition) is 1. The first kappa shape index (κ1) is 10.7. The van der Waals surface area contributed by atoms with E-state index in [0.29, 0.717) is 22.0 Å². The van der Waals surface area contributed by atoms with Gasteiger partial charge in [0.1, 0.15) is 5.76 Å². The van der Waals surface area contributed by atoms with Gasteiger partial charge < -0.3 is 9.73 Å². The molecule has 0 bridgehead atoms. The molecular weight excluding hydrogens is 258 g/mol. The Morgan fingerprint density at radius 2 is 2.20 bits per heavy atom. The average Bonchev–Trinajstić information content (AvgIpc) is 2.75. The number of rotatable bonds is 2. The fourth-order valence-corrected chi connectivity index (χ4v) is 2.48. The molecule has 3 nitrogen and oxygen atoms in total. The molecule has 0 spiro atoms. The predicted molar refractivity (Wildman–Crippen MR) is 60.9 cm³/mol. The summed E-state index contributed by atoms with van der Waals surface area (Å²) in [4.78, 5) is 11.8. The number of furan rings is 1. The average molecular weight is 272 g/mol. The van der Waals surface area contributed by atoms with Gasteiger partial charge in [-0.15, -0.1) is 0 Å². The lowest BCUT2D eigenvalue weighted by atomic mass is 10.2. The normalized spacial score (nSPS) is 16.9. The number of hydrogen-bond acceptors (Lipinski definition) is 2. The molecule has 1 heterocycles. The monoisotopic (exact) mass is 271 g/mol. The first-order chi connectivity index (χ1) is 7.16. The topological polar surface area (TPSA) is 42.2 Å². The fourth-order valence-electron chi connectivity index (χ4n) is 2.00. The van der Waals surface area contributed by atoms with E-state index in [-0.39, 0.29) is 5.91 Å². The number of carbonyl (C=O) groups is 1. The van der Waals surface area contributed by atoms with Crippen molar-refractivity contribution in [2.24, 2.45) is 0 Å². The molecule has 2 rings (SSSR count). The van der Waals surface area contributed by atoms with Crippen molar-refractivity contribution in [3.05, 3.63) is 22.1 Å². The van der Waals surface area contributed by atoms with Crippen LogP contribution in [0.25, 0.3) is 0 Å². The molecule has 0 radical (unpaired) electrons.